The van der Waals surface area contributed by atoms with Gasteiger partial charge in [0.15, 0.2) is 0 Å². The van der Waals surface area contributed by atoms with Gasteiger partial charge in [-0.2, -0.15) is 13.2 Å². The molecule has 2 fully saturated rings. The van der Waals surface area contributed by atoms with Gasteiger partial charge in [-0.3, -0.25) is 19.8 Å². The summed E-state index contributed by atoms with van der Waals surface area (Å²) in [7, 11) is 0. The molecule has 0 saturated carbocycles. The number of carbonyl (C=O) groups is 3. The van der Waals surface area contributed by atoms with Gasteiger partial charge in [-0.15, -0.1) is 4.72 Å². The molecule has 1 aromatic heterocycles. The topological polar surface area (TPSA) is 133 Å². The average Bonchev–Trinajstić information content (AvgIpc) is 2.94. The molecule has 4 rings (SSSR count). The molecular weight excluding hydrogens is 615 g/mol. The van der Waals surface area contributed by atoms with Crippen LogP contribution < -0.4 is 14.8 Å². The number of alkyl halides is 4. The smallest absolute Gasteiger partial charge is 0.433 e. The van der Waals surface area contributed by atoms with Gasteiger partial charge < -0.3 is 14.0 Å². The first kappa shape index (κ1) is 33.6. The Morgan fingerprint density at radius 1 is 1.14 bits per heavy atom. The number of pyridine rings is 1. The van der Waals surface area contributed by atoms with Crippen LogP contribution in [0, 0.1) is 11.7 Å². The Bertz CT molecular complexity index is 1370. The summed E-state index contributed by atoms with van der Waals surface area (Å²) in [6.07, 6.45) is -6.17. The summed E-state index contributed by atoms with van der Waals surface area (Å²) in [5, 5.41) is 2.09. The third-order valence-electron chi connectivity index (χ3n) is 7.03. The van der Waals surface area contributed by atoms with E-state index in [0.29, 0.717) is 18.9 Å². The molecule has 0 spiro atoms. The fraction of sp³-hybridized carbons (Fsp3) is 0.500. The first-order valence-corrected chi connectivity index (χ1v) is 14.8. The molecule has 16 heteroatoms. The number of nitrogens with one attached hydrogen (secondary N) is 2. The maximum absolute atomic E-state index is 16.2. The van der Waals surface area contributed by atoms with Gasteiger partial charge in [0, 0.05) is 42.6 Å². The Kier molecular flexibility index (Phi) is 10.2. The molecule has 2 saturated heterocycles. The van der Waals surface area contributed by atoms with Crippen molar-refractivity contribution in [2.75, 3.05) is 13.2 Å². The van der Waals surface area contributed by atoms with Crippen molar-refractivity contribution in [2.24, 2.45) is 5.92 Å². The second-order valence-corrected chi connectivity index (χ2v) is 13.3. The minimum Gasteiger partial charge on any atom is -0.598 e. The highest BCUT2D eigenvalue weighted by molar-refractivity contribution is 7.90. The fourth-order valence-corrected chi connectivity index (χ4v) is 5.54. The van der Waals surface area contributed by atoms with Crippen LogP contribution in [0.1, 0.15) is 57.3 Å². The third-order valence-corrected chi connectivity index (χ3v) is 8.62. The van der Waals surface area contributed by atoms with Crippen molar-refractivity contribution in [2.45, 2.75) is 69.2 Å². The number of aromatic nitrogens is 1. The molecule has 4 atom stereocenters. The molecular formula is C28H31F5N4O6S. The van der Waals surface area contributed by atoms with Gasteiger partial charge in [-0.1, -0.05) is 0 Å². The molecule has 4 amide bonds. The Hall–Kier alpha value is -3.34. The van der Waals surface area contributed by atoms with E-state index in [9.17, 15) is 32.1 Å². The summed E-state index contributed by atoms with van der Waals surface area (Å²) in [4.78, 5) is 42.7. The summed E-state index contributed by atoms with van der Waals surface area (Å²) < 4.78 is 95.5. The van der Waals surface area contributed by atoms with Gasteiger partial charge in [0.1, 0.15) is 45.9 Å². The van der Waals surface area contributed by atoms with Crippen molar-refractivity contribution in [1.29, 1.82) is 0 Å². The maximum Gasteiger partial charge on any atom is 0.433 e. The molecule has 0 radical (unpaired) electrons. The van der Waals surface area contributed by atoms with Gasteiger partial charge in [0.25, 0.3) is 0 Å². The summed E-state index contributed by atoms with van der Waals surface area (Å²) in [5.74, 6) is -4.75. The van der Waals surface area contributed by atoms with Crippen LogP contribution in [0.15, 0.2) is 36.5 Å². The number of carbonyl (C=O) groups excluding carboxylic acids is 3. The monoisotopic (exact) mass is 646 g/mol. The number of hydrogen-bond donors (Lipinski definition) is 2. The highest BCUT2D eigenvalue weighted by atomic mass is 32.2. The zero-order valence-electron chi connectivity index (χ0n) is 24.0. The predicted octanol–water partition coefficient (Wildman–Crippen LogP) is 4.73. The minimum atomic E-state index is -4.68. The van der Waals surface area contributed by atoms with Crippen molar-refractivity contribution in [3.63, 3.8) is 0 Å². The number of benzene rings is 1. The van der Waals surface area contributed by atoms with Gasteiger partial charge in [0.2, 0.25) is 11.8 Å². The Balaban J connectivity index is 1.61. The van der Waals surface area contributed by atoms with E-state index in [1.54, 1.807) is 20.8 Å². The first-order chi connectivity index (χ1) is 20.6. The van der Waals surface area contributed by atoms with E-state index < -0.39 is 82.2 Å². The molecule has 3 heterocycles. The zero-order chi connectivity index (χ0) is 32.4. The molecule has 0 unspecified atom stereocenters. The molecule has 44 heavy (non-hydrogen) atoms. The van der Waals surface area contributed by atoms with Crippen LogP contribution in [0.25, 0.3) is 0 Å². The van der Waals surface area contributed by atoms with E-state index in [1.807, 2.05) is 0 Å². The van der Waals surface area contributed by atoms with E-state index in [1.165, 1.54) is 0 Å². The lowest BCUT2D eigenvalue weighted by Crippen LogP contribution is -2.62. The number of ether oxygens (including phenoxy) is 2. The lowest BCUT2D eigenvalue weighted by molar-refractivity contribution is -0.146. The summed E-state index contributed by atoms with van der Waals surface area (Å²) >= 11 is -1.97. The second kappa shape index (κ2) is 13.3. The lowest BCUT2D eigenvalue weighted by Gasteiger charge is -2.38. The molecule has 240 valence electrons. The predicted molar refractivity (Wildman–Crippen MR) is 147 cm³/mol. The third kappa shape index (κ3) is 7.83. The molecule has 2 N–H and O–H groups in total. The van der Waals surface area contributed by atoms with Crippen LogP contribution in [0.3, 0.4) is 0 Å². The standard InChI is InChI=1S/C28H31F5N4O6S/c1-27(2,3)44(41)36-23(18-12-16(4-6-20(18)29)43-17-5-7-22(34-14-17)28(31,32)33)21(30)13-19-24(38)35-26(40)37(25(19)39)15-8-10-42-11-9-15/h4-7,12,14-15,19,21,23,36H,8-11,13H2,1-3H3,(H,35,38,40)/t19-,21+,23+,44-/m1/s1. The van der Waals surface area contributed by atoms with Crippen molar-refractivity contribution in [1.82, 2.24) is 19.9 Å². The van der Waals surface area contributed by atoms with E-state index >= 15 is 8.78 Å². The van der Waals surface area contributed by atoms with Gasteiger partial charge in [0.05, 0.1) is 6.20 Å². The summed E-state index contributed by atoms with van der Waals surface area (Å²) in [5.41, 5.74) is -1.54. The molecule has 2 aliphatic rings. The number of hydrogen-bond acceptors (Lipinski definition) is 8. The largest absolute Gasteiger partial charge is 0.598 e. The normalized spacial score (nSPS) is 20.7. The molecule has 10 nitrogen and oxygen atoms in total. The Morgan fingerprint density at radius 2 is 1.80 bits per heavy atom. The highest BCUT2D eigenvalue weighted by Gasteiger charge is 2.46. The van der Waals surface area contributed by atoms with E-state index in [-0.39, 0.29) is 30.3 Å². The Labute approximate surface area is 253 Å². The number of urea groups is 1. The van der Waals surface area contributed by atoms with Crippen molar-refractivity contribution in [3.05, 3.63) is 53.6 Å². The summed E-state index contributed by atoms with van der Waals surface area (Å²) in [6, 6.07) is 1.67. The van der Waals surface area contributed by atoms with Crippen molar-refractivity contribution in [3.8, 4) is 11.5 Å². The number of imide groups is 2. The fourth-order valence-electron chi connectivity index (χ4n) is 4.68. The van der Waals surface area contributed by atoms with Gasteiger partial charge >= 0.3 is 12.2 Å². The van der Waals surface area contributed by atoms with Crippen LogP contribution >= 0.6 is 0 Å². The average molecular weight is 647 g/mol. The van der Waals surface area contributed by atoms with Crippen LogP contribution in [-0.2, 0) is 31.9 Å². The van der Waals surface area contributed by atoms with E-state index in [2.05, 4.69) is 15.0 Å². The number of nitrogens with zero attached hydrogens (tertiary/aromatic N) is 2. The Morgan fingerprint density at radius 3 is 2.39 bits per heavy atom. The second-order valence-electron chi connectivity index (χ2n) is 11.3. The van der Waals surface area contributed by atoms with E-state index in [4.69, 9.17) is 9.47 Å². The van der Waals surface area contributed by atoms with Crippen LogP contribution in [0.4, 0.5) is 26.7 Å². The quantitative estimate of drug-likeness (QED) is 0.227. The van der Waals surface area contributed by atoms with Crippen LogP contribution in [-0.4, -0.2) is 62.5 Å². The van der Waals surface area contributed by atoms with Crippen LogP contribution in [0.5, 0.6) is 11.5 Å². The number of amides is 4. The van der Waals surface area contributed by atoms with E-state index in [0.717, 1.165) is 35.4 Å². The van der Waals surface area contributed by atoms with Gasteiger partial charge in [-0.05, 0) is 63.9 Å². The molecule has 2 aromatic rings. The number of rotatable bonds is 9. The van der Waals surface area contributed by atoms with Crippen molar-refractivity contribution < 1.29 is 50.4 Å². The molecule has 1 aromatic carbocycles. The minimum absolute atomic E-state index is 0.105. The molecule has 2 aliphatic heterocycles. The SMILES string of the molecule is CC(C)(C)[S@@+]([O-])N[C@@H](c1cc(Oc2ccc(C(F)(F)F)nc2)ccc1F)[C@@H](F)C[C@@H]1C(=O)NC(=O)N(C2CCOCC2)C1=O. The lowest BCUT2D eigenvalue weighted by atomic mass is 9.91. The molecule has 0 bridgehead atoms. The zero-order valence-corrected chi connectivity index (χ0v) is 24.8. The van der Waals surface area contributed by atoms with Gasteiger partial charge in [-0.25, -0.2) is 18.6 Å². The van der Waals surface area contributed by atoms with Crippen molar-refractivity contribution >= 4 is 29.2 Å². The maximum atomic E-state index is 16.2. The number of halogens is 5. The number of barbiturate groups is 1. The highest BCUT2D eigenvalue weighted by Crippen LogP contribution is 2.35. The van der Waals surface area contributed by atoms with Crippen LogP contribution in [0.2, 0.25) is 0 Å². The summed E-state index contributed by atoms with van der Waals surface area (Å²) in [6.45, 7) is 5.34. The molecule has 0 aliphatic carbocycles. The first-order valence-electron chi connectivity index (χ1n) is 13.6.